The molecule has 0 aliphatic heterocycles. The fourth-order valence-corrected chi connectivity index (χ4v) is 3.98. The number of ether oxygens (including phenoxy) is 1. The van der Waals surface area contributed by atoms with E-state index in [0.717, 1.165) is 15.6 Å². The molecule has 2 aromatic carbocycles. The minimum Gasteiger partial charge on any atom is -0.483 e. The highest BCUT2D eigenvalue weighted by atomic mass is 79.9. The molecular weight excluding hydrogens is 468 g/mol. The van der Waals surface area contributed by atoms with Gasteiger partial charge in [0, 0.05) is 13.1 Å². The highest BCUT2D eigenvalue weighted by Crippen LogP contribution is 2.31. The van der Waals surface area contributed by atoms with Crippen molar-refractivity contribution in [2.24, 2.45) is 0 Å². The lowest BCUT2D eigenvalue weighted by Gasteiger charge is -2.31. The molecule has 1 atom stereocenters. The van der Waals surface area contributed by atoms with E-state index in [4.69, 9.17) is 4.74 Å². The molecule has 0 unspecified atom stereocenters. The Labute approximate surface area is 200 Å². The van der Waals surface area contributed by atoms with Gasteiger partial charge < -0.3 is 15.0 Å². The van der Waals surface area contributed by atoms with Crippen molar-refractivity contribution in [1.82, 2.24) is 10.2 Å². The molecule has 174 valence electrons. The van der Waals surface area contributed by atoms with Crippen LogP contribution in [0.2, 0.25) is 0 Å². The fourth-order valence-electron chi connectivity index (χ4n) is 3.49. The molecule has 0 aliphatic carbocycles. The van der Waals surface area contributed by atoms with Gasteiger partial charge in [0.15, 0.2) is 6.61 Å². The molecule has 0 saturated carbocycles. The van der Waals surface area contributed by atoms with Gasteiger partial charge in [-0.05, 0) is 70.4 Å². The van der Waals surface area contributed by atoms with E-state index in [9.17, 15) is 9.59 Å². The third-order valence-electron chi connectivity index (χ3n) is 5.49. The molecule has 0 saturated heterocycles. The van der Waals surface area contributed by atoms with Gasteiger partial charge in [0.25, 0.3) is 5.91 Å². The van der Waals surface area contributed by atoms with Crippen LogP contribution < -0.4 is 10.1 Å². The number of nitrogens with zero attached hydrogens (tertiary/aromatic N) is 1. The maximum absolute atomic E-state index is 13.3. The summed E-state index contributed by atoms with van der Waals surface area (Å²) in [4.78, 5) is 27.6. The van der Waals surface area contributed by atoms with E-state index < -0.39 is 6.04 Å². The zero-order valence-corrected chi connectivity index (χ0v) is 21.6. The molecule has 0 bridgehead atoms. The van der Waals surface area contributed by atoms with Crippen LogP contribution in [0.4, 0.5) is 0 Å². The first kappa shape index (κ1) is 25.9. The lowest BCUT2D eigenvalue weighted by molar-refractivity contribution is -0.142. The van der Waals surface area contributed by atoms with Gasteiger partial charge in [-0.25, -0.2) is 0 Å². The third-order valence-corrected chi connectivity index (χ3v) is 6.11. The highest BCUT2D eigenvalue weighted by molar-refractivity contribution is 9.10. The van der Waals surface area contributed by atoms with Crippen LogP contribution >= 0.6 is 15.9 Å². The van der Waals surface area contributed by atoms with E-state index in [1.807, 2.05) is 63.2 Å². The Kier molecular flexibility index (Phi) is 9.32. The van der Waals surface area contributed by atoms with Gasteiger partial charge >= 0.3 is 0 Å². The third kappa shape index (κ3) is 6.83. The molecule has 1 N–H and O–H groups in total. The largest absolute Gasteiger partial charge is 0.483 e. The van der Waals surface area contributed by atoms with Gasteiger partial charge in [-0.3, -0.25) is 9.59 Å². The molecule has 0 spiro atoms. The van der Waals surface area contributed by atoms with Crippen molar-refractivity contribution in [2.75, 3.05) is 13.2 Å². The summed E-state index contributed by atoms with van der Waals surface area (Å²) in [6.07, 6.45) is 0.521. The Morgan fingerprint density at radius 1 is 1.12 bits per heavy atom. The average Bonchev–Trinajstić information content (AvgIpc) is 2.73. The van der Waals surface area contributed by atoms with Gasteiger partial charge in [0.05, 0.1) is 4.47 Å². The van der Waals surface area contributed by atoms with Gasteiger partial charge in [-0.1, -0.05) is 58.0 Å². The number of hydrogen-bond acceptors (Lipinski definition) is 3. The maximum atomic E-state index is 13.3. The first-order valence-electron chi connectivity index (χ1n) is 11.1. The molecule has 0 fully saturated rings. The van der Waals surface area contributed by atoms with E-state index in [0.29, 0.717) is 25.3 Å². The van der Waals surface area contributed by atoms with Crippen LogP contribution in [0.1, 0.15) is 57.7 Å². The van der Waals surface area contributed by atoms with E-state index >= 15 is 0 Å². The van der Waals surface area contributed by atoms with Crippen molar-refractivity contribution in [1.29, 1.82) is 0 Å². The average molecular weight is 503 g/mol. The number of hydrogen-bond donors (Lipinski definition) is 1. The van der Waals surface area contributed by atoms with Crippen LogP contribution in [0.15, 0.2) is 46.9 Å². The van der Waals surface area contributed by atoms with Crippen molar-refractivity contribution in [3.8, 4) is 5.75 Å². The second-order valence-corrected chi connectivity index (χ2v) is 9.80. The summed E-state index contributed by atoms with van der Waals surface area (Å²) in [6, 6.07) is 13.3. The Morgan fingerprint density at radius 3 is 2.38 bits per heavy atom. The molecule has 0 radical (unpaired) electrons. The number of amides is 2. The highest BCUT2D eigenvalue weighted by Gasteiger charge is 2.29. The molecule has 6 heteroatoms. The number of nitrogens with one attached hydrogen (secondary N) is 1. The predicted octanol–water partition coefficient (Wildman–Crippen LogP) is 5.38. The number of benzene rings is 2. The van der Waals surface area contributed by atoms with Crippen LogP contribution in [-0.2, 0) is 21.5 Å². The number of carbonyl (C=O) groups is 2. The van der Waals surface area contributed by atoms with E-state index in [-0.39, 0.29) is 23.8 Å². The molecule has 0 aliphatic rings. The summed E-state index contributed by atoms with van der Waals surface area (Å²) in [5.74, 6) is 0.235. The predicted molar refractivity (Wildman–Crippen MR) is 133 cm³/mol. The van der Waals surface area contributed by atoms with Gasteiger partial charge in [0.2, 0.25) is 5.91 Å². The standard InChI is InChI=1S/C26H35BrN2O3/c1-7-22(25(31)28-8-2)29(16-19-12-10-9-11-18(19)3)24(30)17-32-23-14-13-20(15-21(23)27)26(4,5)6/h9-15,22H,7-8,16-17H2,1-6H3,(H,28,31)/t22-/m0/s1. The lowest BCUT2D eigenvalue weighted by Crippen LogP contribution is -2.50. The molecular formula is C26H35BrN2O3. The van der Waals surface area contributed by atoms with Gasteiger partial charge in [-0.2, -0.15) is 0 Å². The topological polar surface area (TPSA) is 58.6 Å². The number of rotatable bonds is 9. The number of carbonyl (C=O) groups excluding carboxylic acids is 2. The summed E-state index contributed by atoms with van der Waals surface area (Å²) >= 11 is 3.56. The fraction of sp³-hybridized carbons (Fsp3) is 0.462. The van der Waals surface area contributed by atoms with E-state index in [1.54, 1.807) is 4.90 Å². The summed E-state index contributed by atoms with van der Waals surface area (Å²) in [5.41, 5.74) is 3.28. The zero-order valence-electron chi connectivity index (χ0n) is 20.0. The molecule has 0 aromatic heterocycles. The quantitative estimate of drug-likeness (QED) is 0.500. The van der Waals surface area contributed by atoms with Crippen LogP contribution in [0.3, 0.4) is 0 Å². The summed E-state index contributed by atoms with van der Waals surface area (Å²) < 4.78 is 6.68. The minimum atomic E-state index is -0.558. The minimum absolute atomic E-state index is 0.0161. The number of aryl methyl sites for hydroxylation is 1. The normalized spacial score (nSPS) is 12.2. The Morgan fingerprint density at radius 2 is 1.81 bits per heavy atom. The second kappa shape index (κ2) is 11.5. The van der Waals surface area contributed by atoms with Crippen molar-refractivity contribution in [3.63, 3.8) is 0 Å². The van der Waals surface area contributed by atoms with Crippen LogP contribution in [0.25, 0.3) is 0 Å². The first-order chi connectivity index (χ1) is 15.1. The van der Waals surface area contributed by atoms with Crippen molar-refractivity contribution >= 4 is 27.7 Å². The maximum Gasteiger partial charge on any atom is 0.261 e. The summed E-state index contributed by atoms with van der Waals surface area (Å²) in [5, 5.41) is 2.85. The van der Waals surface area contributed by atoms with E-state index in [1.165, 1.54) is 5.56 Å². The van der Waals surface area contributed by atoms with E-state index in [2.05, 4.69) is 42.0 Å². The van der Waals surface area contributed by atoms with Crippen LogP contribution in [0, 0.1) is 6.92 Å². The SMILES string of the molecule is CCNC(=O)[C@H](CC)N(Cc1ccccc1C)C(=O)COc1ccc(C(C)(C)C)cc1Br. The monoisotopic (exact) mass is 502 g/mol. The number of halogens is 1. The molecule has 32 heavy (non-hydrogen) atoms. The van der Waals surface area contributed by atoms with Crippen LogP contribution in [0.5, 0.6) is 5.75 Å². The van der Waals surface area contributed by atoms with Crippen LogP contribution in [-0.4, -0.2) is 35.9 Å². The summed E-state index contributed by atoms with van der Waals surface area (Å²) in [6.45, 7) is 13.0. The molecule has 2 aromatic rings. The van der Waals surface area contributed by atoms with Gasteiger partial charge in [0.1, 0.15) is 11.8 Å². The van der Waals surface area contributed by atoms with Crippen molar-refractivity contribution in [3.05, 3.63) is 63.6 Å². The zero-order chi connectivity index (χ0) is 23.9. The molecule has 2 rings (SSSR count). The molecule has 5 nitrogen and oxygen atoms in total. The Hall–Kier alpha value is -2.34. The lowest BCUT2D eigenvalue weighted by atomic mass is 9.87. The number of likely N-dealkylation sites (N-methyl/N-ethyl adjacent to an activating group) is 1. The van der Waals surface area contributed by atoms with Crippen molar-refractivity contribution in [2.45, 2.75) is 66.0 Å². The smallest absolute Gasteiger partial charge is 0.261 e. The summed E-state index contributed by atoms with van der Waals surface area (Å²) in [7, 11) is 0. The Balaban J connectivity index is 2.24. The Bertz CT molecular complexity index is 937. The first-order valence-corrected chi connectivity index (χ1v) is 11.9. The second-order valence-electron chi connectivity index (χ2n) is 8.95. The van der Waals surface area contributed by atoms with Gasteiger partial charge in [-0.15, -0.1) is 0 Å². The molecule has 2 amide bonds. The van der Waals surface area contributed by atoms with Crippen molar-refractivity contribution < 1.29 is 14.3 Å². The molecule has 0 heterocycles.